The molecule has 0 atom stereocenters. The van der Waals surface area contributed by atoms with E-state index >= 15 is 0 Å². The molecular formula is C13H17ClO2. The highest BCUT2D eigenvalue weighted by Crippen LogP contribution is 2.19. The van der Waals surface area contributed by atoms with E-state index in [4.69, 9.17) is 16.3 Å². The maximum absolute atomic E-state index is 11.7. The third-order valence-corrected chi connectivity index (χ3v) is 2.38. The topological polar surface area (TPSA) is 26.3 Å². The van der Waals surface area contributed by atoms with Crippen LogP contribution in [0.5, 0.6) is 5.75 Å². The minimum absolute atomic E-state index is 0.0867. The molecule has 0 aliphatic heterocycles. The predicted molar refractivity (Wildman–Crippen MR) is 66.6 cm³/mol. The fourth-order valence-corrected chi connectivity index (χ4v) is 1.69. The van der Waals surface area contributed by atoms with Gasteiger partial charge in [0.2, 0.25) is 0 Å². The monoisotopic (exact) mass is 240 g/mol. The van der Waals surface area contributed by atoms with Crippen LogP contribution in [0.25, 0.3) is 0 Å². The highest BCUT2D eigenvalue weighted by atomic mass is 35.5. The number of carbonyl (C=O) groups is 1. The third kappa shape index (κ3) is 3.53. The molecule has 1 aromatic carbocycles. The summed E-state index contributed by atoms with van der Waals surface area (Å²) in [6, 6.07) is 5.53. The first-order chi connectivity index (χ1) is 7.54. The van der Waals surface area contributed by atoms with Gasteiger partial charge in [0.15, 0.2) is 5.78 Å². The van der Waals surface area contributed by atoms with Crippen molar-refractivity contribution in [1.29, 1.82) is 0 Å². The summed E-state index contributed by atoms with van der Waals surface area (Å²) in [6.07, 6.45) is 0.524. The third-order valence-electron chi connectivity index (χ3n) is 2.19. The van der Waals surface area contributed by atoms with Crippen LogP contribution in [0.1, 0.15) is 36.2 Å². The van der Waals surface area contributed by atoms with Gasteiger partial charge in [-0.15, -0.1) is 11.6 Å². The zero-order valence-electron chi connectivity index (χ0n) is 9.92. The lowest BCUT2D eigenvalue weighted by molar-refractivity contribution is 0.0988. The standard InChI is InChI=1S/C13H17ClO2/c1-9(2)16-11-4-5-12(10(3)8-11)13(15)6-7-14/h4-5,8-9H,6-7H2,1-3H3. The summed E-state index contributed by atoms with van der Waals surface area (Å²) < 4.78 is 5.55. The van der Waals surface area contributed by atoms with Gasteiger partial charge in [-0.1, -0.05) is 0 Å². The van der Waals surface area contributed by atoms with Crippen molar-refractivity contribution in [3.05, 3.63) is 29.3 Å². The van der Waals surface area contributed by atoms with E-state index in [9.17, 15) is 4.79 Å². The van der Waals surface area contributed by atoms with Crippen LogP contribution >= 0.6 is 11.6 Å². The molecule has 0 aromatic heterocycles. The van der Waals surface area contributed by atoms with Crippen LogP contribution in [0.15, 0.2) is 18.2 Å². The Balaban J connectivity index is 2.87. The van der Waals surface area contributed by atoms with E-state index in [2.05, 4.69) is 0 Å². The summed E-state index contributed by atoms with van der Waals surface area (Å²) in [4.78, 5) is 11.7. The fourth-order valence-electron chi connectivity index (χ4n) is 1.51. The summed E-state index contributed by atoms with van der Waals surface area (Å²) in [6.45, 7) is 5.86. The molecule has 3 heteroatoms. The number of alkyl halides is 1. The van der Waals surface area contributed by atoms with E-state index in [1.165, 1.54) is 0 Å². The fraction of sp³-hybridized carbons (Fsp3) is 0.462. The highest BCUT2D eigenvalue weighted by molar-refractivity contribution is 6.19. The Labute approximate surface area is 102 Å². The van der Waals surface area contributed by atoms with Gasteiger partial charge in [-0.05, 0) is 44.5 Å². The molecule has 1 rings (SSSR count). The summed E-state index contributed by atoms with van der Waals surface area (Å²) in [5.41, 5.74) is 1.67. The lowest BCUT2D eigenvalue weighted by Gasteiger charge is -2.11. The number of aryl methyl sites for hydroxylation is 1. The van der Waals surface area contributed by atoms with Crippen molar-refractivity contribution in [2.75, 3.05) is 5.88 Å². The van der Waals surface area contributed by atoms with Gasteiger partial charge in [0.25, 0.3) is 0 Å². The van der Waals surface area contributed by atoms with Crippen LogP contribution in [0.4, 0.5) is 0 Å². The molecule has 0 N–H and O–H groups in total. The summed E-state index contributed by atoms with van der Waals surface area (Å²) >= 11 is 5.55. The molecule has 0 saturated carbocycles. The SMILES string of the molecule is Cc1cc(OC(C)C)ccc1C(=O)CCCl. The van der Waals surface area contributed by atoms with Gasteiger partial charge in [-0.25, -0.2) is 0 Å². The van der Waals surface area contributed by atoms with Gasteiger partial charge < -0.3 is 4.74 Å². The summed E-state index contributed by atoms with van der Waals surface area (Å²) in [5.74, 6) is 1.25. The van der Waals surface area contributed by atoms with Crippen LogP contribution in [-0.2, 0) is 0 Å². The Morgan fingerprint density at radius 2 is 2.12 bits per heavy atom. The van der Waals surface area contributed by atoms with Crippen LogP contribution in [0, 0.1) is 6.92 Å². The molecule has 0 aliphatic carbocycles. The first-order valence-corrected chi connectivity index (χ1v) is 5.94. The number of hydrogen-bond acceptors (Lipinski definition) is 2. The second kappa shape index (κ2) is 5.90. The molecule has 0 saturated heterocycles. The maximum atomic E-state index is 11.7. The number of rotatable bonds is 5. The van der Waals surface area contributed by atoms with Crippen molar-refractivity contribution in [2.24, 2.45) is 0 Å². The van der Waals surface area contributed by atoms with Crippen LogP contribution < -0.4 is 4.74 Å². The van der Waals surface area contributed by atoms with Crippen molar-refractivity contribution in [3.8, 4) is 5.75 Å². The number of halogens is 1. The average Bonchev–Trinajstić information content (AvgIpc) is 2.16. The van der Waals surface area contributed by atoms with Crippen molar-refractivity contribution in [1.82, 2.24) is 0 Å². The van der Waals surface area contributed by atoms with E-state index in [0.29, 0.717) is 12.3 Å². The van der Waals surface area contributed by atoms with Gasteiger partial charge in [-0.2, -0.15) is 0 Å². The van der Waals surface area contributed by atoms with E-state index in [-0.39, 0.29) is 11.9 Å². The molecular weight excluding hydrogens is 224 g/mol. The van der Waals surface area contributed by atoms with E-state index in [1.807, 2.05) is 39.0 Å². The zero-order chi connectivity index (χ0) is 12.1. The van der Waals surface area contributed by atoms with E-state index < -0.39 is 0 Å². The lowest BCUT2D eigenvalue weighted by Crippen LogP contribution is -2.07. The number of benzene rings is 1. The molecule has 0 spiro atoms. The van der Waals surface area contributed by atoms with Crippen molar-refractivity contribution < 1.29 is 9.53 Å². The van der Waals surface area contributed by atoms with Gasteiger partial charge >= 0.3 is 0 Å². The van der Waals surface area contributed by atoms with E-state index in [1.54, 1.807) is 0 Å². The zero-order valence-corrected chi connectivity index (χ0v) is 10.7. The molecule has 0 heterocycles. The highest BCUT2D eigenvalue weighted by Gasteiger charge is 2.09. The largest absolute Gasteiger partial charge is 0.491 e. The molecule has 0 amide bonds. The molecule has 0 unspecified atom stereocenters. The van der Waals surface area contributed by atoms with Gasteiger partial charge in [0.1, 0.15) is 5.75 Å². The Bertz CT molecular complexity index is 372. The Hall–Kier alpha value is -1.02. The van der Waals surface area contributed by atoms with Crippen LogP contribution in [-0.4, -0.2) is 17.8 Å². The number of carbonyl (C=O) groups excluding carboxylic acids is 1. The summed E-state index contributed by atoms with van der Waals surface area (Å²) in [5, 5.41) is 0. The quantitative estimate of drug-likeness (QED) is 0.581. The number of hydrogen-bond donors (Lipinski definition) is 0. The molecule has 0 fully saturated rings. The molecule has 0 aliphatic rings. The van der Waals surface area contributed by atoms with E-state index in [0.717, 1.165) is 16.9 Å². The number of ketones is 1. The second-order valence-electron chi connectivity index (χ2n) is 4.01. The Morgan fingerprint density at radius 3 is 2.62 bits per heavy atom. The minimum Gasteiger partial charge on any atom is -0.491 e. The maximum Gasteiger partial charge on any atom is 0.164 e. The Morgan fingerprint density at radius 1 is 1.44 bits per heavy atom. The van der Waals surface area contributed by atoms with Gasteiger partial charge in [0, 0.05) is 17.9 Å². The smallest absolute Gasteiger partial charge is 0.164 e. The van der Waals surface area contributed by atoms with Crippen molar-refractivity contribution in [3.63, 3.8) is 0 Å². The molecule has 0 bridgehead atoms. The molecule has 1 aromatic rings. The molecule has 0 radical (unpaired) electrons. The van der Waals surface area contributed by atoms with Gasteiger partial charge in [0.05, 0.1) is 6.10 Å². The predicted octanol–water partition coefficient (Wildman–Crippen LogP) is 3.59. The number of ether oxygens (including phenoxy) is 1. The first kappa shape index (κ1) is 13.0. The first-order valence-electron chi connectivity index (χ1n) is 5.41. The van der Waals surface area contributed by atoms with Crippen molar-refractivity contribution in [2.45, 2.75) is 33.3 Å². The molecule has 88 valence electrons. The second-order valence-corrected chi connectivity index (χ2v) is 4.38. The summed E-state index contributed by atoms with van der Waals surface area (Å²) in [7, 11) is 0. The van der Waals surface area contributed by atoms with Gasteiger partial charge in [-0.3, -0.25) is 4.79 Å². The van der Waals surface area contributed by atoms with Crippen LogP contribution in [0.3, 0.4) is 0 Å². The minimum atomic E-state index is 0.0867. The number of Topliss-reactive ketones (excluding diaryl/α,β-unsaturated/α-hetero) is 1. The Kier molecular flexibility index (Phi) is 4.81. The van der Waals surface area contributed by atoms with Crippen LogP contribution in [0.2, 0.25) is 0 Å². The molecule has 16 heavy (non-hydrogen) atoms. The molecule has 2 nitrogen and oxygen atoms in total. The lowest BCUT2D eigenvalue weighted by atomic mass is 10.0. The van der Waals surface area contributed by atoms with Crippen molar-refractivity contribution >= 4 is 17.4 Å². The normalized spacial score (nSPS) is 10.6. The average molecular weight is 241 g/mol.